The van der Waals surface area contributed by atoms with Crippen LogP contribution in [0.25, 0.3) is 33.3 Å². The summed E-state index contributed by atoms with van der Waals surface area (Å²) < 4.78 is 22.8. The average Bonchev–Trinajstić information content (AvgIpc) is 3.25. The monoisotopic (exact) mass is 504 g/mol. The summed E-state index contributed by atoms with van der Waals surface area (Å²) >= 11 is 0. The second kappa shape index (κ2) is 9.87. The minimum atomic E-state index is -0.596. The summed E-state index contributed by atoms with van der Waals surface area (Å²) in [6, 6.07) is 19.0. The number of ether oxygens (including phenoxy) is 1. The van der Waals surface area contributed by atoms with E-state index in [2.05, 4.69) is 27.9 Å². The van der Waals surface area contributed by atoms with E-state index in [4.69, 9.17) is 10.5 Å². The number of halogens is 1. The number of aryl methyl sites for hydroxylation is 1. The maximum atomic E-state index is 15.3. The fraction of sp³-hybridized carbons (Fsp3) is 0.0345. The Balaban J connectivity index is 1.70. The fourth-order valence-corrected chi connectivity index (χ4v) is 4.37. The summed E-state index contributed by atoms with van der Waals surface area (Å²) in [7, 11) is 1.81. The summed E-state index contributed by atoms with van der Waals surface area (Å²) in [5.41, 5.74) is 10.4. The number of hydrogen-bond acceptors (Lipinski definition) is 6. The molecule has 3 heterocycles. The lowest BCUT2D eigenvalue weighted by Crippen LogP contribution is -2.06. The summed E-state index contributed by atoms with van der Waals surface area (Å²) in [6.07, 6.45) is 4.16. The molecule has 5 aromatic rings. The summed E-state index contributed by atoms with van der Waals surface area (Å²) in [6.45, 7) is 3.46. The van der Waals surface area contributed by atoms with Gasteiger partial charge in [0, 0.05) is 36.8 Å². The molecule has 0 bridgehead atoms. The highest BCUT2D eigenvalue weighted by Gasteiger charge is 2.24. The molecule has 0 aliphatic heterocycles. The molecule has 8 nitrogen and oxygen atoms in total. The Bertz CT molecular complexity index is 1740. The first-order valence-electron chi connectivity index (χ1n) is 11.5. The van der Waals surface area contributed by atoms with Crippen molar-refractivity contribution in [3.63, 3.8) is 0 Å². The van der Waals surface area contributed by atoms with E-state index >= 15 is 4.39 Å². The Hall–Kier alpha value is -5.49. The number of amides is 1. The van der Waals surface area contributed by atoms with Gasteiger partial charge < -0.3 is 20.4 Å². The zero-order chi connectivity index (χ0) is 26.8. The first-order chi connectivity index (χ1) is 18.4. The molecule has 2 aromatic carbocycles. The Labute approximate surface area is 217 Å². The molecule has 0 saturated carbocycles. The number of nitrogen functional groups attached to an aromatic ring is 1. The molecule has 0 radical (unpaired) electrons. The molecule has 0 atom stereocenters. The molecule has 0 fully saturated rings. The van der Waals surface area contributed by atoms with Crippen LogP contribution in [-0.2, 0) is 11.8 Å². The lowest BCUT2D eigenvalue weighted by molar-refractivity contribution is -0.111. The van der Waals surface area contributed by atoms with Gasteiger partial charge in [0.1, 0.15) is 11.9 Å². The molecule has 3 N–H and O–H groups in total. The second-order valence-electron chi connectivity index (χ2n) is 8.36. The van der Waals surface area contributed by atoms with Gasteiger partial charge in [-0.3, -0.25) is 4.79 Å². The summed E-state index contributed by atoms with van der Waals surface area (Å²) in [5, 5.41) is 13.0. The van der Waals surface area contributed by atoms with Crippen LogP contribution in [0.5, 0.6) is 11.6 Å². The second-order valence-corrected chi connectivity index (χ2v) is 8.36. The minimum absolute atomic E-state index is 0.0142. The zero-order valence-corrected chi connectivity index (χ0v) is 20.3. The maximum absolute atomic E-state index is 15.3. The number of benzene rings is 2. The van der Waals surface area contributed by atoms with Crippen molar-refractivity contribution in [3.8, 4) is 40.1 Å². The molecular weight excluding hydrogens is 483 g/mol. The van der Waals surface area contributed by atoms with Gasteiger partial charge in [0.05, 0.1) is 22.2 Å². The Morgan fingerprint density at radius 1 is 1.16 bits per heavy atom. The molecule has 0 unspecified atom stereocenters. The Morgan fingerprint density at radius 3 is 2.58 bits per heavy atom. The number of carbonyl (C=O) groups is 1. The van der Waals surface area contributed by atoms with Gasteiger partial charge in [-0.1, -0.05) is 30.8 Å². The average molecular weight is 505 g/mol. The third-order valence-corrected chi connectivity index (χ3v) is 6.04. The lowest BCUT2D eigenvalue weighted by Gasteiger charge is -2.12. The number of nitrogens with one attached hydrogen (secondary N) is 1. The third kappa shape index (κ3) is 4.31. The first-order valence-corrected chi connectivity index (χ1v) is 11.5. The number of fused-ring (bicyclic) bond motifs is 1. The van der Waals surface area contributed by atoms with Crippen molar-refractivity contribution in [3.05, 3.63) is 97.1 Å². The van der Waals surface area contributed by atoms with E-state index in [-0.39, 0.29) is 23.4 Å². The number of aromatic nitrogens is 3. The van der Waals surface area contributed by atoms with Crippen molar-refractivity contribution in [1.82, 2.24) is 14.5 Å². The molecule has 9 heteroatoms. The molecule has 5 rings (SSSR count). The number of nitriles is 1. The van der Waals surface area contributed by atoms with Crippen molar-refractivity contribution in [1.29, 1.82) is 5.26 Å². The number of anilines is 2. The fourth-order valence-electron chi connectivity index (χ4n) is 4.37. The van der Waals surface area contributed by atoms with Crippen LogP contribution in [-0.4, -0.2) is 20.4 Å². The van der Waals surface area contributed by atoms with Gasteiger partial charge in [0.15, 0.2) is 11.6 Å². The van der Waals surface area contributed by atoms with Crippen molar-refractivity contribution >= 4 is 28.3 Å². The standard InChI is InChI=1S/C29H21FN6O2/c1-3-23(37)35-20-10-7-17(8-11-20)27-25(26-28(36(27)2)19(15-31)16-34-29(26)32)18-9-12-22(21(30)14-18)38-24-6-4-5-13-33-24/h3-14,16H,1H2,2H3,(H2,32,34)(H,35,37). The maximum Gasteiger partial charge on any atom is 0.247 e. The molecule has 38 heavy (non-hydrogen) atoms. The van der Waals surface area contributed by atoms with Gasteiger partial charge in [-0.25, -0.2) is 14.4 Å². The zero-order valence-electron chi connectivity index (χ0n) is 20.3. The van der Waals surface area contributed by atoms with E-state index in [9.17, 15) is 10.1 Å². The lowest BCUT2D eigenvalue weighted by atomic mass is 9.97. The van der Waals surface area contributed by atoms with Crippen LogP contribution in [0.4, 0.5) is 15.9 Å². The number of rotatable bonds is 6. The van der Waals surface area contributed by atoms with Crippen LogP contribution in [0.15, 0.2) is 85.7 Å². The quantitative estimate of drug-likeness (QED) is 0.282. The molecule has 0 spiro atoms. The Kier molecular flexibility index (Phi) is 6.29. The van der Waals surface area contributed by atoms with Gasteiger partial charge in [0.2, 0.25) is 11.8 Å². The Morgan fingerprint density at radius 2 is 1.92 bits per heavy atom. The highest BCUT2D eigenvalue weighted by Crippen LogP contribution is 2.44. The van der Waals surface area contributed by atoms with Gasteiger partial charge in [0.25, 0.3) is 0 Å². The van der Waals surface area contributed by atoms with Crippen LogP contribution in [0.3, 0.4) is 0 Å². The van der Waals surface area contributed by atoms with Crippen molar-refractivity contribution in [2.24, 2.45) is 7.05 Å². The van der Waals surface area contributed by atoms with E-state index in [1.54, 1.807) is 42.6 Å². The predicted octanol–water partition coefficient (Wildman–Crippen LogP) is 5.81. The summed E-state index contributed by atoms with van der Waals surface area (Å²) in [5.74, 6) is -0.438. The molecule has 0 saturated heterocycles. The van der Waals surface area contributed by atoms with Crippen molar-refractivity contribution in [2.45, 2.75) is 0 Å². The first kappa shape index (κ1) is 24.2. The molecular formula is C29H21FN6O2. The topological polar surface area (TPSA) is 119 Å². The van der Waals surface area contributed by atoms with Gasteiger partial charge in [-0.15, -0.1) is 0 Å². The number of nitrogens with zero attached hydrogens (tertiary/aromatic N) is 4. The van der Waals surface area contributed by atoms with Crippen molar-refractivity contribution < 1.29 is 13.9 Å². The van der Waals surface area contributed by atoms with E-state index in [1.165, 1.54) is 24.4 Å². The predicted molar refractivity (Wildman–Crippen MR) is 144 cm³/mol. The normalized spacial score (nSPS) is 10.7. The molecule has 0 aliphatic rings. The van der Waals surface area contributed by atoms with Gasteiger partial charge in [-0.05, 0) is 47.5 Å². The van der Waals surface area contributed by atoms with Crippen LogP contribution < -0.4 is 15.8 Å². The highest BCUT2D eigenvalue weighted by molar-refractivity contribution is 6.10. The van der Waals surface area contributed by atoms with E-state index in [0.717, 1.165) is 5.56 Å². The highest BCUT2D eigenvalue weighted by atomic mass is 19.1. The van der Waals surface area contributed by atoms with E-state index < -0.39 is 5.82 Å². The van der Waals surface area contributed by atoms with Crippen LogP contribution in [0.1, 0.15) is 5.56 Å². The minimum Gasteiger partial charge on any atom is -0.436 e. The van der Waals surface area contributed by atoms with E-state index in [0.29, 0.717) is 39.0 Å². The third-order valence-electron chi connectivity index (χ3n) is 6.04. The largest absolute Gasteiger partial charge is 0.436 e. The van der Waals surface area contributed by atoms with Crippen LogP contribution in [0.2, 0.25) is 0 Å². The number of pyridine rings is 2. The number of carbonyl (C=O) groups excluding carboxylic acids is 1. The van der Waals surface area contributed by atoms with Crippen LogP contribution >= 0.6 is 0 Å². The molecule has 3 aromatic heterocycles. The van der Waals surface area contributed by atoms with Gasteiger partial charge in [-0.2, -0.15) is 5.26 Å². The van der Waals surface area contributed by atoms with Crippen molar-refractivity contribution in [2.75, 3.05) is 11.1 Å². The number of hydrogen-bond donors (Lipinski definition) is 2. The van der Waals surface area contributed by atoms with E-state index in [1.807, 2.05) is 23.7 Å². The van der Waals surface area contributed by atoms with Gasteiger partial charge >= 0.3 is 0 Å². The SMILES string of the molecule is C=CC(=O)Nc1ccc(-c2c(-c3ccc(Oc4ccccn4)c(F)c3)c3c(N)ncc(C#N)c3n2C)cc1. The van der Waals surface area contributed by atoms with Crippen LogP contribution in [0, 0.1) is 17.1 Å². The number of nitrogens with two attached hydrogens (primary N) is 1. The summed E-state index contributed by atoms with van der Waals surface area (Å²) in [4.78, 5) is 20.0. The molecule has 186 valence electrons. The molecule has 1 amide bonds. The molecule has 0 aliphatic carbocycles. The smallest absolute Gasteiger partial charge is 0.247 e.